The molecule has 1 fully saturated rings. The first-order valence-corrected chi connectivity index (χ1v) is 9.97. The van der Waals surface area contributed by atoms with Gasteiger partial charge in [-0.3, -0.25) is 5.32 Å². The van der Waals surface area contributed by atoms with Gasteiger partial charge in [0.05, 0.1) is 23.3 Å². The van der Waals surface area contributed by atoms with Crippen molar-refractivity contribution in [2.24, 2.45) is 0 Å². The Hall–Kier alpha value is -3.49. The predicted octanol–water partition coefficient (Wildman–Crippen LogP) is 5.49. The summed E-state index contributed by atoms with van der Waals surface area (Å²) < 4.78 is 47.0. The molecule has 3 aromatic rings. The normalized spacial score (nSPS) is 14.4. The van der Waals surface area contributed by atoms with E-state index in [1.807, 2.05) is 12.1 Å². The van der Waals surface area contributed by atoms with Crippen LogP contribution in [0, 0.1) is 0 Å². The second-order valence-electron chi connectivity index (χ2n) is 7.18. The minimum absolute atomic E-state index is 0.209. The number of carbonyl (C=O) groups excluding carboxylic acids is 1. The van der Waals surface area contributed by atoms with E-state index in [1.165, 1.54) is 12.1 Å². The molecule has 162 valence electrons. The van der Waals surface area contributed by atoms with Gasteiger partial charge in [-0.25, -0.2) is 9.48 Å². The fourth-order valence-electron chi connectivity index (χ4n) is 3.66. The molecular weight excluding hydrogens is 409 g/mol. The van der Waals surface area contributed by atoms with Crippen LogP contribution in [-0.2, 0) is 6.18 Å². The minimum Gasteiger partial charge on any atom is -0.406 e. The molecule has 1 N–H and O–H groups in total. The highest BCUT2D eigenvalue weighted by atomic mass is 19.4. The van der Waals surface area contributed by atoms with Crippen molar-refractivity contribution in [1.29, 1.82) is 0 Å². The summed E-state index contributed by atoms with van der Waals surface area (Å²) in [5.74, 6) is -0.663. The van der Waals surface area contributed by atoms with Crippen molar-refractivity contribution in [2.75, 3.05) is 23.3 Å². The third-order valence-corrected chi connectivity index (χ3v) is 5.05. The van der Waals surface area contributed by atoms with Crippen molar-refractivity contribution < 1.29 is 22.7 Å². The summed E-state index contributed by atoms with van der Waals surface area (Å²) in [6.45, 7) is 1.71. The van der Waals surface area contributed by atoms with E-state index in [0.29, 0.717) is 10.4 Å². The van der Waals surface area contributed by atoms with Crippen molar-refractivity contribution in [3.05, 3.63) is 66.5 Å². The van der Waals surface area contributed by atoms with Gasteiger partial charge < -0.3 is 9.64 Å². The first-order valence-electron chi connectivity index (χ1n) is 9.97. The number of benzene rings is 2. The molecule has 0 unspecified atom stereocenters. The SMILES string of the molecule is O=C(Nc1ccccc1N1CCCCC1)Oc1cnn(-c2ccccc2)c1C(F)(F)F. The zero-order valence-corrected chi connectivity index (χ0v) is 16.6. The Bertz CT molecular complexity index is 1040. The Kier molecular flexibility index (Phi) is 5.83. The highest BCUT2D eigenvalue weighted by Gasteiger charge is 2.40. The molecule has 31 heavy (non-hydrogen) atoms. The van der Waals surface area contributed by atoms with Crippen LogP contribution in [0.3, 0.4) is 0 Å². The van der Waals surface area contributed by atoms with Gasteiger partial charge in [0.15, 0.2) is 11.4 Å². The summed E-state index contributed by atoms with van der Waals surface area (Å²) in [4.78, 5) is 14.6. The fourth-order valence-corrected chi connectivity index (χ4v) is 3.66. The first-order chi connectivity index (χ1) is 14.9. The van der Waals surface area contributed by atoms with Gasteiger partial charge in [-0.2, -0.15) is 18.3 Å². The molecule has 0 atom stereocenters. The number of alkyl halides is 3. The quantitative estimate of drug-likeness (QED) is 0.595. The molecule has 0 aliphatic carbocycles. The average Bonchev–Trinajstić information content (AvgIpc) is 3.19. The zero-order valence-electron chi connectivity index (χ0n) is 16.6. The number of amides is 1. The summed E-state index contributed by atoms with van der Waals surface area (Å²) in [7, 11) is 0. The van der Waals surface area contributed by atoms with Crippen molar-refractivity contribution in [2.45, 2.75) is 25.4 Å². The zero-order chi connectivity index (χ0) is 21.8. The number of ether oxygens (including phenoxy) is 1. The van der Waals surface area contributed by atoms with Crippen molar-refractivity contribution in [1.82, 2.24) is 9.78 Å². The molecule has 6 nitrogen and oxygen atoms in total. The van der Waals surface area contributed by atoms with E-state index in [-0.39, 0.29) is 5.69 Å². The molecule has 1 amide bonds. The van der Waals surface area contributed by atoms with Crippen LogP contribution in [0.15, 0.2) is 60.8 Å². The number of nitrogens with zero attached hydrogens (tertiary/aromatic N) is 3. The molecule has 0 bridgehead atoms. The number of rotatable bonds is 4. The fraction of sp³-hybridized carbons (Fsp3) is 0.273. The van der Waals surface area contributed by atoms with E-state index in [1.54, 1.807) is 30.3 Å². The monoisotopic (exact) mass is 430 g/mol. The number of aromatic nitrogens is 2. The minimum atomic E-state index is -4.77. The van der Waals surface area contributed by atoms with E-state index in [0.717, 1.165) is 44.2 Å². The number of hydrogen-bond donors (Lipinski definition) is 1. The Balaban J connectivity index is 1.57. The standard InChI is InChI=1S/C22H21F3N4O2/c23-22(24,25)20-19(15-26-29(20)16-9-3-1-4-10-16)31-21(30)27-17-11-5-6-12-18(17)28-13-7-2-8-14-28/h1,3-6,9-12,15H,2,7-8,13-14H2,(H,27,30). The van der Waals surface area contributed by atoms with E-state index in [2.05, 4.69) is 15.3 Å². The number of para-hydroxylation sites is 3. The molecule has 0 saturated carbocycles. The molecule has 9 heteroatoms. The maximum absolute atomic E-state index is 13.7. The van der Waals surface area contributed by atoms with Crippen LogP contribution in [0.25, 0.3) is 5.69 Å². The van der Waals surface area contributed by atoms with Gasteiger partial charge in [0.1, 0.15) is 0 Å². The third-order valence-electron chi connectivity index (χ3n) is 5.05. The van der Waals surface area contributed by atoms with Crippen LogP contribution >= 0.6 is 0 Å². The molecule has 1 saturated heterocycles. The maximum atomic E-state index is 13.7. The lowest BCUT2D eigenvalue weighted by atomic mass is 10.1. The van der Waals surface area contributed by atoms with Crippen LogP contribution in [0.5, 0.6) is 5.75 Å². The van der Waals surface area contributed by atoms with E-state index >= 15 is 0 Å². The Morgan fingerprint density at radius 1 is 0.968 bits per heavy atom. The summed E-state index contributed by atoms with van der Waals surface area (Å²) >= 11 is 0. The van der Waals surface area contributed by atoms with Gasteiger partial charge in [-0.15, -0.1) is 0 Å². The van der Waals surface area contributed by atoms with Gasteiger partial charge in [0.2, 0.25) is 0 Å². The predicted molar refractivity (Wildman–Crippen MR) is 111 cm³/mol. The average molecular weight is 430 g/mol. The largest absolute Gasteiger partial charge is 0.437 e. The second-order valence-corrected chi connectivity index (χ2v) is 7.18. The summed E-state index contributed by atoms with van der Waals surface area (Å²) in [5.41, 5.74) is 0.354. The van der Waals surface area contributed by atoms with Crippen LogP contribution in [-0.4, -0.2) is 29.0 Å². The van der Waals surface area contributed by atoms with Crippen LogP contribution in [0.4, 0.5) is 29.3 Å². The highest BCUT2D eigenvalue weighted by molar-refractivity contribution is 5.91. The van der Waals surface area contributed by atoms with Crippen LogP contribution in [0.1, 0.15) is 25.0 Å². The molecular formula is C22H21F3N4O2. The van der Waals surface area contributed by atoms with E-state index in [9.17, 15) is 18.0 Å². The molecule has 2 aromatic carbocycles. The molecule has 0 radical (unpaired) electrons. The van der Waals surface area contributed by atoms with E-state index < -0.39 is 23.7 Å². The van der Waals surface area contributed by atoms with E-state index in [4.69, 9.17) is 4.74 Å². The number of hydrogen-bond acceptors (Lipinski definition) is 4. The number of carbonyl (C=O) groups is 1. The summed E-state index contributed by atoms with van der Waals surface area (Å²) in [5, 5.41) is 6.36. The number of anilines is 2. The molecule has 4 rings (SSSR count). The third kappa shape index (κ3) is 4.65. The van der Waals surface area contributed by atoms with Gasteiger partial charge in [0, 0.05) is 13.1 Å². The first kappa shape index (κ1) is 20.8. The second kappa shape index (κ2) is 8.71. The topological polar surface area (TPSA) is 59.4 Å². The Labute approximate surface area is 177 Å². The maximum Gasteiger partial charge on any atom is 0.437 e. The molecule has 1 aromatic heterocycles. The van der Waals surface area contributed by atoms with Gasteiger partial charge in [-0.05, 0) is 43.5 Å². The number of nitrogens with one attached hydrogen (secondary N) is 1. The van der Waals surface area contributed by atoms with Crippen molar-refractivity contribution in [3.8, 4) is 11.4 Å². The number of halogens is 3. The lowest BCUT2D eigenvalue weighted by Crippen LogP contribution is -2.30. The van der Waals surface area contributed by atoms with Crippen LogP contribution in [0.2, 0.25) is 0 Å². The lowest BCUT2D eigenvalue weighted by Gasteiger charge is -2.30. The lowest BCUT2D eigenvalue weighted by molar-refractivity contribution is -0.143. The van der Waals surface area contributed by atoms with Crippen molar-refractivity contribution >= 4 is 17.5 Å². The van der Waals surface area contributed by atoms with Crippen LogP contribution < -0.4 is 15.0 Å². The Morgan fingerprint density at radius 2 is 1.65 bits per heavy atom. The summed E-state index contributed by atoms with van der Waals surface area (Å²) in [6.07, 6.45) is -1.64. The molecule has 0 spiro atoms. The molecule has 1 aliphatic heterocycles. The van der Waals surface area contributed by atoms with Gasteiger partial charge in [-0.1, -0.05) is 30.3 Å². The van der Waals surface area contributed by atoms with Gasteiger partial charge in [0.25, 0.3) is 0 Å². The smallest absolute Gasteiger partial charge is 0.406 e. The Morgan fingerprint density at radius 3 is 2.35 bits per heavy atom. The number of piperidine rings is 1. The molecule has 1 aliphatic rings. The van der Waals surface area contributed by atoms with Crippen molar-refractivity contribution in [3.63, 3.8) is 0 Å². The highest BCUT2D eigenvalue weighted by Crippen LogP contribution is 2.38. The van der Waals surface area contributed by atoms with Gasteiger partial charge >= 0.3 is 12.3 Å². The molecule has 2 heterocycles. The summed E-state index contributed by atoms with van der Waals surface area (Å²) in [6, 6.07) is 15.0.